The van der Waals surface area contributed by atoms with Gasteiger partial charge in [0, 0.05) is 15.7 Å². The standard InChI is InChI=1S/C25H24Cl2N4O5S/c1-17-12-20(27)8-11-23(17)31(37(2,34)35)15-24(32)30-28-14-18-6-9-22(10-7-18)36-16-25(33)29-21-5-3-4-19(26)13-21/h3-14H,15-16H2,1-2H3,(H,29,33)(H,30,32)/b28-14-. The fourth-order valence-electron chi connectivity index (χ4n) is 3.19. The largest absolute Gasteiger partial charge is 0.484 e. The summed E-state index contributed by atoms with van der Waals surface area (Å²) >= 11 is 11.8. The molecule has 194 valence electrons. The summed E-state index contributed by atoms with van der Waals surface area (Å²) < 4.78 is 31.0. The number of benzene rings is 3. The van der Waals surface area contributed by atoms with Crippen LogP contribution in [0.15, 0.2) is 71.8 Å². The van der Waals surface area contributed by atoms with E-state index in [1.54, 1.807) is 73.7 Å². The molecule has 0 bridgehead atoms. The molecule has 0 unspecified atom stereocenters. The lowest BCUT2D eigenvalue weighted by Crippen LogP contribution is -2.39. The molecule has 0 spiro atoms. The molecule has 2 amide bonds. The number of anilines is 2. The number of amides is 2. The van der Waals surface area contributed by atoms with E-state index >= 15 is 0 Å². The Morgan fingerprint density at radius 2 is 1.70 bits per heavy atom. The average molecular weight is 563 g/mol. The molecule has 0 atom stereocenters. The van der Waals surface area contributed by atoms with E-state index in [-0.39, 0.29) is 12.5 Å². The number of rotatable bonds is 10. The van der Waals surface area contributed by atoms with E-state index in [2.05, 4.69) is 15.8 Å². The maximum Gasteiger partial charge on any atom is 0.262 e. The number of nitrogens with one attached hydrogen (secondary N) is 2. The molecule has 37 heavy (non-hydrogen) atoms. The average Bonchev–Trinajstić information content (AvgIpc) is 2.82. The molecule has 0 aromatic heterocycles. The van der Waals surface area contributed by atoms with Gasteiger partial charge in [-0.15, -0.1) is 0 Å². The van der Waals surface area contributed by atoms with Crippen molar-refractivity contribution in [2.45, 2.75) is 6.92 Å². The molecule has 2 N–H and O–H groups in total. The molecule has 0 saturated carbocycles. The van der Waals surface area contributed by atoms with Gasteiger partial charge >= 0.3 is 0 Å². The highest BCUT2D eigenvalue weighted by atomic mass is 35.5. The van der Waals surface area contributed by atoms with Gasteiger partial charge in [-0.1, -0.05) is 29.3 Å². The Kier molecular flexibility index (Phi) is 9.51. The predicted octanol–water partition coefficient (Wildman–Crippen LogP) is 4.24. The van der Waals surface area contributed by atoms with E-state index in [0.29, 0.717) is 38.3 Å². The van der Waals surface area contributed by atoms with Gasteiger partial charge in [0.1, 0.15) is 12.3 Å². The fraction of sp³-hybridized carbons (Fsp3) is 0.160. The molecule has 0 saturated heterocycles. The van der Waals surface area contributed by atoms with E-state index in [1.165, 1.54) is 6.21 Å². The molecule has 0 fully saturated rings. The fourth-order valence-corrected chi connectivity index (χ4v) is 4.52. The highest BCUT2D eigenvalue weighted by Crippen LogP contribution is 2.25. The Labute approximate surface area is 225 Å². The first-order valence-corrected chi connectivity index (χ1v) is 13.5. The van der Waals surface area contributed by atoms with Crippen molar-refractivity contribution in [2.24, 2.45) is 5.10 Å². The molecule has 9 nitrogen and oxygen atoms in total. The van der Waals surface area contributed by atoms with Crippen LogP contribution >= 0.6 is 23.2 Å². The quantitative estimate of drug-likeness (QED) is 0.283. The number of hydrogen-bond acceptors (Lipinski definition) is 6. The highest BCUT2D eigenvalue weighted by Gasteiger charge is 2.22. The van der Waals surface area contributed by atoms with Crippen LogP contribution in [-0.2, 0) is 19.6 Å². The number of ether oxygens (including phenoxy) is 1. The van der Waals surface area contributed by atoms with Crippen molar-refractivity contribution in [3.8, 4) is 5.75 Å². The van der Waals surface area contributed by atoms with Crippen molar-refractivity contribution in [3.63, 3.8) is 0 Å². The van der Waals surface area contributed by atoms with E-state index in [9.17, 15) is 18.0 Å². The zero-order valence-corrected chi connectivity index (χ0v) is 22.3. The zero-order valence-electron chi connectivity index (χ0n) is 19.9. The lowest BCUT2D eigenvalue weighted by Gasteiger charge is -2.23. The number of aryl methyl sites for hydroxylation is 1. The Hall–Kier alpha value is -3.60. The molecule has 0 aliphatic carbocycles. The summed E-state index contributed by atoms with van der Waals surface area (Å²) in [7, 11) is -3.73. The highest BCUT2D eigenvalue weighted by molar-refractivity contribution is 7.92. The lowest BCUT2D eigenvalue weighted by molar-refractivity contribution is -0.119. The maximum absolute atomic E-state index is 12.4. The second kappa shape index (κ2) is 12.6. The number of halogens is 2. The summed E-state index contributed by atoms with van der Waals surface area (Å²) in [6.07, 6.45) is 2.41. The van der Waals surface area contributed by atoms with E-state index < -0.39 is 22.5 Å². The van der Waals surface area contributed by atoms with Crippen LogP contribution in [0.3, 0.4) is 0 Å². The molecule has 12 heteroatoms. The lowest BCUT2D eigenvalue weighted by atomic mass is 10.2. The molecule has 0 heterocycles. The third-order valence-corrected chi connectivity index (χ3v) is 6.47. The number of nitrogens with zero attached hydrogens (tertiary/aromatic N) is 2. The number of hydrogen-bond donors (Lipinski definition) is 2. The summed E-state index contributed by atoms with van der Waals surface area (Å²) in [6.45, 7) is 1.05. The van der Waals surface area contributed by atoms with E-state index in [0.717, 1.165) is 10.6 Å². The molecule has 3 rings (SSSR count). The summed E-state index contributed by atoms with van der Waals surface area (Å²) in [6, 6.07) is 18.1. The maximum atomic E-state index is 12.4. The second-order valence-corrected chi connectivity index (χ2v) is 10.7. The van der Waals surface area contributed by atoms with Crippen LogP contribution in [-0.4, -0.2) is 45.9 Å². The van der Waals surface area contributed by atoms with Gasteiger partial charge < -0.3 is 10.1 Å². The van der Waals surface area contributed by atoms with Gasteiger partial charge in [-0.3, -0.25) is 13.9 Å². The predicted molar refractivity (Wildman–Crippen MR) is 146 cm³/mol. The monoisotopic (exact) mass is 562 g/mol. The van der Waals surface area contributed by atoms with Crippen molar-refractivity contribution < 1.29 is 22.7 Å². The van der Waals surface area contributed by atoms with Gasteiger partial charge in [-0.25, -0.2) is 13.8 Å². The van der Waals surface area contributed by atoms with Crippen LogP contribution in [0.2, 0.25) is 10.0 Å². The first-order chi connectivity index (χ1) is 17.5. The first kappa shape index (κ1) is 28.0. The topological polar surface area (TPSA) is 117 Å². The van der Waals surface area contributed by atoms with Crippen molar-refractivity contribution >= 4 is 62.6 Å². The Balaban J connectivity index is 1.51. The molecule has 3 aromatic rings. The third kappa shape index (κ3) is 8.78. The third-order valence-electron chi connectivity index (χ3n) is 4.88. The van der Waals surface area contributed by atoms with Crippen molar-refractivity contribution in [2.75, 3.05) is 29.0 Å². The van der Waals surface area contributed by atoms with Crippen LogP contribution in [0.5, 0.6) is 5.75 Å². The Bertz CT molecular complexity index is 1410. The van der Waals surface area contributed by atoms with Gasteiger partial charge in [0.2, 0.25) is 10.0 Å². The van der Waals surface area contributed by atoms with Crippen molar-refractivity contribution in [1.29, 1.82) is 0 Å². The molecule has 0 aliphatic heterocycles. The molecule has 0 radical (unpaired) electrons. The first-order valence-electron chi connectivity index (χ1n) is 10.9. The van der Waals surface area contributed by atoms with Crippen LogP contribution in [0.4, 0.5) is 11.4 Å². The minimum atomic E-state index is -3.73. The normalized spacial score (nSPS) is 11.2. The summed E-state index contributed by atoms with van der Waals surface area (Å²) in [5.74, 6) is -0.501. The zero-order chi connectivity index (χ0) is 27.0. The van der Waals surface area contributed by atoms with Gasteiger partial charge in [-0.05, 0) is 78.7 Å². The Morgan fingerprint density at radius 3 is 2.35 bits per heavy atom. The van der Waals surface area contributed by atoms with Crippen molar-refractivity contribution in [1.82, 2.24) is 5.43 Å². The Morgan fingerprint density at radius 1 is 1.00 bits per heavy atom. The molecule has 0 aliphatic rings. The minimum Gasteiger partial charge on any atom is -0.484 e. The van der Waals surface area contributed by atoms with Gasteiger partial charge in [0.05, 0.1) is 18.2 Å². The van der Waals surface area contributed by atoms with Gasteiger partial charge in [0.25, 0.3) is 11.8 Å². The number of sulfonamides is 1. The van der Waals surface area contributed by atoms with Crippen LogP contribution in [0.1, 0.15) is 11.1 Å². The summed E-state index contributed by atoms with van der Waals surface area (Å²) in [4.78, 5) is 24.4. The van der Waals surface area contributed by atoms with E-state index in [4.69, 9.17) is 27.9 Å². The van der Waals surface area contributed by atoms with Crippen LogP contribution < -0.4 is 19.8 Å². The van der Waals surface area contributed by atoms with Gasteiger partial charge in [0.15, 0.2) is 6.61 Å². The van der Waals surface area contributed by atoms with Crippen LogP contribution in [0.25, 0.3) is 0 Å². The summed E-state index contributed by atoms with van der Waals surface area (Å²) in [5, 5.41) is 7.54. The number of carbonyl (C=O) groups excluding carboxylic acids is 2. The SMILES string of the molecule is Cc1cc(Cl)ccc1N(CC(=O)N/N=C\c1ccc(OCC(=O)Nc2cccc(Cl)c2)cc1)S(C)(=O)=O. The number of carbonyl (C=O) groups is 2. The molecular weight excluding hydrogens is 539 g/mol. The minimum absolute atomic E-state index is 0.195. The molecule has 3 aromatic carbocycles. The van der Waals surface area contributed by atoms with Crippen molar-refractivity contribution in [3.05, 3.63) is 87.9 Å². The second-order valence-electron chi connectivity index (χ2n) is 7.91. The van der Waals surface area contributed by atoms with Gasteiger partial charge in [-0.2, -0.15) is 5.10 Å². The number of hydrazone groups is 1. The molecular formula is C25H24Cl2N4O5S. The smallest absolute Gasteiger partial charge is 0.262 e. The van der Waals surface area contributed by atoms with Crippen LogP contribution in [0, 0.1) is 6.92 Å². The van der Waals surface area contributed by atoms with E-state index in [1.807, 2.05) is 0 Å². The summed E-state index contributed by atoms with van der Waals surface area (Å²) in [5.41, 5.74) is 4.49.